The first-order valence-corrected chi connectivity index (χ1v) is 9.97. The molecule has 170 valence electrons. The number of aryl methyl sites for hydroxylation is 1. The molecule has 1 saturated heterocycles. The second kappa shape index (κ2) is 7.73. The van der Waals surface area contributed by atoms with Gasteiger partial charge in [0.25, 0.3) is 0 Å². The van der Waals surface area contributed by atoms with E-state index in [1.807, 2.05) is 0 Å². The summed E-state index contributed by atoms with van der Waals surface area (Å²) in [5, 5.41) is 50.4. The average molecular weight is 438 g/mol. The van der Waals surface area contributed by atoms with Crippen LogP contribution in [0.2, 0.25) is 0 Å². The second-order valence-corrected chi connectivity index (χ2v) is 8.53. The van der Waals surface area contributed by atoms with Gasteiger partial charge in [0.2, 0.25) is 0 Å². The van der Waals surface area contributed by atoms with E-state index in [4.69, 9.17) is 18.6 Å². The van der Waals surface area contributed by atoms with Crippen LogP contribution in [0.4, 0.5) is 0 Å². The zero-order valence-corrected chi connectivity index (χ0v) is 17.3. The quantitative estimate of drug-likeness (QED) is 0.431. The predicted molar refractivity (Wildman–Crippen MR) is 106 cm³/mol. The molecule has 1 fully saturated rings. The molecule has 0 saturated carbocycles. The summed E-state index contributed by atoms with van der Waals surface area (Å²) in [5.41, 5.74) is -0.825. The molecule has 4 rings (SSSR count). The highest BCUT2D eigenvalue weighted by molar-refractivity contribution is 5.87. The van der Waals surface area contributed by atoms with Crippen LogP contribution in [0.25, 0.3) is 11.0 Å². The van der Waals surface area contributed by atoms with Crippen molar-refractivity contribution in [1.29, 1.82) is 0 Å². The number of benzene rings is 1. The molecule has 0 amide bonds. The van der Waals surface area contributed by atoms with Crippen LogP contribution in [0, 0.1) is 6.92 Å². The minimum Gasteiger partial charge on any atom is -0.507 e. The number of hydrogen-bond acceptors (Lipinski definition) is 10. The number of rotatable bonds is 3. The van der Waals surface area contributed by atoms with E-state index in [2.05, 4.69) is 0 Å². The van der Waals surface area contributed by atoms with Gasteiger partial charge in [0.05, 0.1) is 6.61 Å². The normalized spacial score (nSPS) is 32.5. The standard InChI is InChI=1S/C21H26O10/c1-8-4-10(23)15-12(28-8)6-11-9(16(15)24)5-14(21(2,3)31-11)30-20-19(27)18(26)17(25)13(7-22)29-20/h4,6,13-14,17-20,22,24-27H,5,7H2,1-3H3/t13-,14+,17-,18+,19-,20+/m0/s1. The fourth-order valence-corrected chi connectivity index (χ4v) is 4.06. The molecule has 2 aliphatic heterocycles. The van der Waals surface area contributed by atoms with Crippen LogP contribution >= 0.6 is 0 Å². The molecule has 6 atom stereocenters. The topological polar surface area (TPSA) is 159 Å². The number of aliphatic hydroxyl groups is 4. The van der Waals surface area contributed by atoms with Crippen LogP contribution in [-0.2, 0) is 15.9 Å². The van der Waals surface area contributed by atoms with E-state index >= 15 is 0 Å². The molecule has 0 spiro atoms. The average Bonchev–Trinajstić information content (AvgIpc) is 2.68. The number of phenolic OH excluding ortho intramolecular Hbond substituents is 1. The minimum atomic E-state index is -1.58. The van der Waals surface area contributed by atoms with E-state index in [1.165, 1.54) is 6.07 Å². The Kier molecular flexibility index (Phi) is 5.49. The van der Waals surface area contributed by atoms with Crippen LogP contribution in [0.5, 0.6) is 11.5 Å². The third-order valence-electron chi connectivity index (χ3n) is 5.87. The molecular formula is C21H26O10. The van der Waals surface area contributed by atoms with E-state index in [-0.39, 0.29) is 23.1 Å². The number of aromatic hydroxyl groups is 1. The summed E-state index contributed by atoms with van der Waals surface area (Å²) in [6.07, 6.45) is -7.81. The predicted octanol–water partition coefficient (Wildman–Crippen LogP) is -0.294. The van der Waals surface area contributed by atoms with Crippen molar-refractivity contribution in [2.45, 2.75) is 69.6 Å². The third kappa shape index (κ3) is 3.69. The first-order chi connectivity index (χ1) is 14.5. The van der Waals surface area contributed by atoms with Crippen molar-refractivity contribution in [3.63, 3.8) is 0 Å². The van der Waals surface area contributed by atoms with Gasteiger partial charge in [0.15, 0.2) is 11.7 Å². The van der Waals surface area contributed by atoms with Crippen molar-refractivity contribution in [2.24, 2.45) is 0 Å². The lowest BCUT2D eigenvalue weighted by atomic mass is 9.89. The maximum absolute atomic E-state index is 12.4. The van der Waals surface area contributed by atoms with E-state index in [9.17, 15) is 30.3 Å². The van der Waals surface area contributed by atoms with Crippen LogP contribution in [0.1, 0.15) is 25.2 Å². The van der Waals surface area contributed by atoms with Crippen molar-refractivity contribution in [1.82, 2.24) is 0 Å². The van der Waals surface area contributed by atoms with Crippen molar-refractivity contribution in [3.05, 3.63) is 33.7 Å². The highest BCUT2D eigenvalue weighted by atomic mass is 16.7. The maximum Gasteiger partial charge on any atom is 0.196 e. The molecule has 1 aromatic carbocycles. The van der Waals surface area contributed by atoms with Gasteiger partial charge in [-0.15, -0.1) is 0 Å². The van der Waals surface area contributed by atoms with Crippen LogP contribution < -0.4 is 10.2 Å². The first-order valence-electron chi connectivity index (χ1n) is 9.97. The van der Waals surface area contributed by atoms with E-state index in [0.29, 0.717) is 17.1 Å². The van der Waals surface area contributed by atoms with Crippen molar-refractivity contribution >= 4 is 11.0 Å². The molecular weight excluding hydrogens is 412 g/mol. The Labute approximate surface area is 177 Å². The molecule has 0 aliphatic carbocycles. The van der Waals surface area contributed by atoms with E-state index in [1.54, 1.807) is 26.8 Å². The number of fused-ring (bicyclic) bond motifs is 2. The molecule has 0 unspecified atom stereocenters. The maximum atomic E-state index is 12.4. The highest BCUT2D eigenvalue weighted by Gasteiger charge is 2.48. The van der Waals surface area contributed by atoms with Gasteiger partial charge in [-0.25, -0.2) is 0 Å². The molecule has 1 aromatic heterocycles. The van der Waals surface area contributed by atoms with Gasteiger partial charge in [-0.2, -0.15) is 0 Å². The third-order valence-corrected chi connectivity index (χ3v) is 5.87. The SMILES string of the molecule is Cc1cc(=O)c2c(O)c3c(cc2o1)OC(C)(C)[C@H](O[C@H]1O[C@@H](CO)[C@H](O)[C@@H](O)[C@@H]1O)C3. The Morgan fingerprint density at radius 3 is 2.55 bits per heavy atom. The summed E-state index contributed by atoms with van der Waals surface area (Å²) in [6.45, 7) is 4.52. The Morgan fingerprint density at radius 2 is 1.87 bits per heavy atom. The van der Waals surface area contributed by atoms with Crippen LogP contribution in [0.3, 0.4) is 0 Å². The van der Waals surface area contributed by atoms with Gasteiger partial charge in [-0.05, 0) is 20.8 Å². The largest absolute Gasteiger partial charge is 0.507 e. The van der Waals surface area contributed by atoms with Crippen molar-refractivity contribution < 1.29 is 44.2 Å². The lowest BCUT2D eigenvalue weighted by Gasteiger charge is -2.45. The summed E-state index contributed by atoms with van der Waals surface area (Å²) >= 11 is 0. The van der Waals surface area contributed by atoms with Gasteiger partial charge < -0.3 is 44.2 Å². The molecule has 10 nitrogen and oxygen atoms in total. The molecule has 2 aromatic rings. The summed E-state index contributed by atoms with van der Waals surface area (Å²) in [6, 6.07) is 2.83. The Hall–Kier alpha value is -2.21. The second-order valence-electron chi connectivity index (χ2n) is 8.53. The monoisotopic (exact) mass is 438 g/mol. The van der Waals surface area contributed by atoms with Gasteiger partial charge >= 0.3 is 0 Å². The Morgan fingerprint density at radius 1 is 1.16 bits per heavy atom. The van der Waals surface area contributed by atoms with Crippen molar-refractivity contribution in [3.8, 4) is 11.5 Å². The number of phenols is 1. The minimum absolute atomic E-state index is 0.0271. The van der Waals surface area contributed by atoms with Gasteiger partial charge in [-0.1, -0.05) is 0 Å². The number of hydrogen-bond donors (Lipinski definition) is 5. The Balaban J connectivity index is 1.68. The van der Waals surface area contributed by atoms with Gasteiger partial charge in [0.1, 0.15) is 64.3 Å². The summed E-state index contributed by atoms with van der Waals surface area (Å²) in [7, 11) is 0. The van der Waals surface area contributed by atoms with Crippen molar-refractivity contribution in [2.75, 3.05) is 6.61 Å². The molecule has 5 N–H and O–H groups in total. The fourth-order valence-electron chi connectivity index (χ4n) is 4.06. The van der Waals surface area contributed by atoms with E-state index < -0.39 is 54.4 Å². The smallest absolute Gasteiger partial charge is 0.196 e. The van der Waals surface area contributed by atoms with E-state index in [0.717, 1.165) is 0 Å². The lowest BCUT2D eigenvalue weighted by molar-refractivity contribution is -0.321. The van der Waals surface area contributed by atoms with Gasteiger partial charge in [-0.3, -0.25) is 4.79 Å². The molecule has 10 heteroatoms. The van der Waals surface area contributed by atoms with Crippen LogP contribution in [0.15, 0.2) is 21.3 Å². The molecule has 0 radical (unpaired) electrons. The molecule has 31 heavy (non-hydrogen) atoms. The molecule has 0 bridgehead atoms. The highest BCUT2D eigenvalue weighted by Crippen LogP contribution is 2.43. The Bertz CT molecular complexity index is 1040. The summed E-state index contributed by atoms with van der Waals surface area (Å²) in [5.74, 6) is 0.451. The molecule has 2 aliphatic rings. The zero-order chi connectivity index (χ0) is 22.7. The number of ether oxygens (including phenoxy) is 3. The fraction of sp³-hybridized carbons (Fsp3) is 0.571. The zero-order valence-electron chi connectivity index (χ0n) is 17.3. The first kappa shape index (κ1) is 22.0. The lowest BCUT2D eigenvalue weighted by Crippen LogP contribution is -2.61. The summed E-state index contributed by atoms with van der Waals surface area (Å²) in [4.78, 5) is 12.4. The van der Waals surface area contributed by atoms with Gasteiger partial charge in [0, 0.05) is 24.1 Å². The summed E-state index contributed by atoms with van der Waals surface area (Å²) < 4.78 is 22.9. The van der Waals surface area contributed by atoms with Crippen LogP contribution in [-0.4, -0.2) is 74.6 Å². The number of aliphatic hydroxyl groups excluding tert-OH is 4. The molecule has 3 heterocycles.